The lowest BCUT2D eigenvalue weighted by Crippen LogP contribution is -2.33. The van der Waals surface area contributed by atoms with E-state index < -0.39 is 11.7 Å². The summed E-state index contributed by atoms with van der Waals surface area (Å²) in [6, 6.07) is 21.6. The first kappa shape index (κ1) is 24.6. The number of piperidine rings is 1. The average molecular weight is 477 g/mol. The van der Waals surface area contributed by atoms with Crippen LogP contribution >= 0.6 is 0 Å². The van der Waals surface area contributed by atoms with Crippen molar-refractivity contribution in [2.45, 2.75) is 39.8 Å². The van der Waals surface area contributed by atoms with Gasteiger partial charge in [-0.15, -0.1) is 0 Å². The van der Waals surface area contributed by atoms with E-state index in [1.807, 2.05) is 0 Å². The van der Waals surface area contributed by atoms with Crippen molar-refractivity contribution < 1.29 is 13.2 Å². The molecule has 35 heavy (non-hydrogen) atoms. The van der Waals surface area contributed by atoms with Crippen LogP contribution in [-0.4, -0.2) is 18.0 Å². The van der Waals surface area contributed by atoms with Gasteiger partial charge < -0.3 is 10.2 Å². The van der Waals surface area contributed by atoms with Crippen molar-refractivity contribution in [3.63, 3.8) is 0 Å². The van der Waals surface area contributed by atoms with E-state index in [1.165, 1.54) is 46.4 Å². The Balaban J connectivity index is 1.53. The van der Waals surface area contributed by atoms with Gasteiger partial charge in [0.05, 0.1) is 11.4 Å². The summed E-state index contributed by atoms with van der Waals surface area (Å²) in [7, 11) is 0. The van der Waals surface area contributed by atoms with Crippen LogP contribution in [0.4, 0.5) is 18.9 Å². The van der Waals surface area contributed by atoms with Crippen molar-refractivity contribution in [2.75, 3.05) is 18.4 Å². The molecule has 0 aromatic heterocycles. The minimum Gasteiger partial charge on any atom is -0.358 e. The Labute approximate surface area is 205 Å². The Morgan fingerprint density at radius 3 is 1.80 bits per heavy atom. The van der Waals surface area contributed by atoms with Gasteiger partial charge in [0.1, 0.15) is 0 Å². The fraction of sp³-hybridized carbons (Fsp3) is 0.267. The molecule has 3 aromatic carbocycles. The number of nitrogens with one attached hydrogen (secondary N) is 1. The van der Waals surface area contributed by atoms with E-state index in [0.717, 1.165) is 32.0 Å². The molecule has 1 saturated heterocycles. The molecule has 1 heterocycles. The molecule has 0 aliphatic carbocycles. The van der Waals surface area contributed by atoms with Crippen LogP contribution in [0, 0.1) is 20.8 Å². The Bertz CT molecular complexity index is 1180. The Kier molecular flexibility index (Phi) is 7.06. The maximum absolute atomic E-state index is 13.3. The highest BCUT2D eigenvalue weighted by Crippen LogP contribution is 2.35. The van der Waals surface area contributed by atoms with Crippen LogP contribution in [0.25, 0.3) is 5.57 Å². The van der Waals surface area contributed by atoms with Crippen LogP contribution < -0.4 is 5.32 Å². The fourth-order valence-electron chi connectivity index (χ4n) is 4.56. The minimum absolute atomic E-state index is 0.209. The first-order valence-corrected chi connectivity index (χ1v) is 11.9. The van der Waals surface area contributed by atoms with Crippen LogP contribution in [0.3, 0.4) is 0 Å². The quantitative estimate of drug-likeness (QED) is 0.400. The topological polar surface area (TPSA) is 15.3 Å². The average Bonchev–Trinajstić information content (AvgIpc) is 2.82. The molecule has 5 heteroatoms. The standard InChI is InChI=1S/C30H31F3N2/c1-20-5-10-24(11-6-20)29(25-12-7-21(2)8-13-25)26-15-17-35(18-16-26)23(4)34-27-14-9-22(3)28(19-27)30(31,32)33/h5-14,19,34H,4,15-18H2,1-3H3. The third kappa shape index (κ3) is 5.79. The Morgan fingerprint density at radius 2 is 1.31 bits per heavy atom. The van der Waals surface area contributed by atoms with Crippen LogP contribution in [0.15, 0.2) is 84.7 Å². The Morgan fingerprint density at radius 1 is 0.800 bits per heavy atom. The molecule has 1 fully saturated rings. The summed E-state index contributed by atoms with van der Waals surface area (Å²) in [5.41, 5.74) is 7.51. The molecular weight excluding hydrogens is 445 g/mol. The highest BCUT2D eigenvalue weighted by molar-refractivity contribution is 5.82. The van der Waals surface area contributed by atoms with Gasteiger partial charge in [-0.25, -0.2) is 0 Å². The number of benzene rings is 3. The summed E-state index contributed by atoms with van der Waals surface area (Å²) in [4.78, 5) is 2.11. The predicted molar refractivity (Wildman–Crippen MR) is 138 cm³/mol. The van der Waals surface area contributed by atoms with E-state index in [-0.39, 0.29) is 5.56 Å². The van der Waals surface area contributed by atoms with Gasteiger partial charge in [0.15, 0.2) is 0 Å². The zero-order valence-electron chi connectivity index (χ0n) is 20.5. The Hall–Kier alpha value is -3.47. The van der Waals surface area contributed by atoms with Gasteiger partial charge in [0.25, 0.3) is 0 Å². The highest BCUT2D eigenvalue weighted by Gasteiger charge is 2.32. The molecule has 1 N–H and O–H groups in total. The lowest BCUT2D eigenvalue weighted by atomic mass is 9.88. The fourth-order valence-corrected chi connectivity index (χ4v) is 4.56. The van der Waals surface area contributed by atoms with Crippen LogP contribution in [0.1, 0.15) is 46.2 Å². The van der Waals surface area contributed by atoms with Crippen molar-refractivity contribution in [3.05, 3.63) is 118 Å². The van der Waals surface area contributed by atoms with E-state index in [1.54, 1.807) is 6.07 Å². The molecule has 0 spiro atoms. The van der Waals surface area contributed by atoms with Crippen molar-refractivity contribution in [3.8, 4) is 0 Å². The summed E-state index contributed by atoms with van der Waals surface area (Å²) in [6.07, 6.45) is -2.66. The molecule has 0 amide bonds. The van der Waals surface area contributed by atoms with Gasteiger partial charge in [-0.2, -0.15) is 13.2 Å². The number of rotatable bonds is 5. The summed E-state index contributed by atoms with van der Waals surface area (Å²) in [6.45, 7) is 11.3. The number of hydrogen-bond acceptors (Lipinski definition) is 2. The van der Waals surface area contributed by atoms with Crippen molar-refractivity contribution in [1.82, 2.24) is 4.90 Å². The number of likely N-dealkylation sites (tertiary alicyclic amines) is 1. The molecule has 3 aromatic rings. The number of anilines is 1. The van der Waals surface area contributed by atoms with Crippen LogP contribution in [0.5, 0.6) is 0 Å². The molecule has 0 bridgehead atoms. The second-order valence-electron chi connectivity index (χ2n) is 9.30. The van der Waals surface area contributed by atoms with Gasteiger partial charge in [0.2, 0.25) is 0 Å². The summed E-state index contributed by atoms with van der Waals surface area (Å²) in [5, 5.41) is 3.09. The van der Waals surface area contributed by atoms with E-state index in [2.05, 4.69) is 79.2 Å². The lowest BCUT2D eigenvalue weighted by molar-refractivity contribution is -0.138. The zero-order valence-corrected chi connectivity index (χ0v) is 20.5. The monoisotopic (exact) mass is 476 g/mol. The third-order valence-corrected chi connectivity index (χ3v) is 6.61. The molecule has 0 saturated carbocycles. The molecule has 1 aliphatic rings. The number of halogens is 3. The first-order chi connectivity index (χ1) is 16.6. The lowest BCUT2D eigenvalue weighted by Gasteiger charge is -2.33. The van der Waals surface area contributed by atoms with Crippen molar-refractivity contribution in [1.29, 1.82) is 0 Å². The van der Waals surface area contributed by atoms with Gasteiger partial charge in [-0.1, -0.05) is 77.9 Å². The number of nitrogens with zero attached hydrogens (tertiary/aromatic N) is 1. The van der Waals surface area contributed by atoms with Gasteiger partial charge in [-0.05, 0) is 68.0 Å². The predicted octanol–water partition coefficient (Wildman–Crippen LogP) is 8.11. The van der Waals surface area contributed by atoms with Gasteiger partial charge in [-0.3, -0.25) is 0 Å². The highest BCUT2D eigenvalue weighted by atomic mass is 19.4. The largest absolute Gasteiger partial charge is 0.416 e. The summed E-state index contributed by atoms with van der Waals surface area (Å²) >= 11 is 0. The summed E-state index contributed by atoms with van der Waals surface area (Å²) < 4.78 is 39.9. The normalized spacial score (nSPS) is 14.1. The van der Waals surface area contributed by atoms with E-state index in [4.69, 9.17) is 0 Å². The van der Waals surface area contributed by atoms with E-state index >= 15 is 0 Å². The molecule has 1 aliphatic heterocycles. The van der Waals surface area contributed by atoms with Crippen molar-refractivity contribution >= 4 is 11.3 Å². The maximum Gasteiger partial charge on any atom is 0.416 e. The number of hydrogen-bond donors (Lipinski definition) is 1. The molecule has 4 rings (SSSR count). The van der Waals surface area contributed by atoms with Gasteiger partial charge in [0, 0.05) is 18.8 Å². The minimum atomic E-state index is -4.38. The zero-order chi connectivity index (χ0) is 25.2. The van der Waals surface area contributed by atoms with Crippen LogP contribution in [-0.2, 0) is 6.18 Å². The molecule has 182 valence electrons. The van der Waals surface area contributed by atoms with Crippen LogP contribution in [0.2, 0.25) is 0 Å². The third-order valence-electron chi connectivity index (χ3n) is 6.61. The summed E-state index contributed by atoms with van der Waals surface area (Å²) in [5.74, 6) is 0.619. The van der Waals surface area contributed by atoms with E-state index in [9.17, 15) is 13.2 Å². The number of alkyl halides is 3. The first-order valence-electron chi connectivity index (χ1n) is 11.9. The maximum atomic E-state index is 13.3. The SMILES string of the molecule is C=C(Nc1ccc(C)c(C(F)(F)F)c1)N1CCC(=C(c2ccc(C)cc2)c2ccc(C)cc2)CC1. The second-order valence-corrected chi connectivity index (χ2v) is 9.30. The second kappa shape index (κ2) is 10.0. The molecule has 0 atom stereocenters. The molecular formula is C30H31F3N2. The smallest absolute Gasteiger partial charge is 0.358 e. The molecule has 0 radical (unpaired) electrons. The molecule has 2 nitrogen and oxygen atoms in total. The molecule has 0 unspecified atom stereocenters. The van der Waals surface area contributed by atoms with Gasteiger partial charge >= 0.3 is 6.18 Å². The van der Waals surface area contributed by atoms with Crippen molar-refractivity contribution in [2.24, 2.45) is 0 Å². The van der Waals surface area contributed by atoms with E-state index in [0.29, 0.717) is 11.5 Å². The number of aryl methyl sites for hydroxylation is 3.